The van der Waals surface area contributed by atoms with Gasteiger partial charge in [-0.25, -0.2) is 0 Å². The lowest BCUT2D eigenvalue weighted by molar-refractivity contribution is -0.385. The first-order chi connectivity index (χ1) is 7.69. The Hall–Kier alpha value is -0.890. The molecule has 0 fully saturated rings. The lowest BCUT2D eigenvalue weighted by atomic mass is 10.2. The minimum atomic E-state index is -0.514. The van der Waals surface area contributed by atoms with Crippen LogP contribution in [0.4, 0.5) is 5.69 Å². The fourth-order valence-electron chi connectivity index (χ4n) is 1.20. The number of aliphatic hydroxyl groups is 1. The van der Waals surface area contributed by atoms with E-state index in [4.69, 9.17) is 9.84 Å². The van der Waals surface area contributed by atoms with Gasteiger partial charge in [-0.15, -0.1) is 0 Å². The van der Waals surface area contributed by atoms with Crippen LogP contribution in [0.25, 0.3) is 0 Å². The van der Waals surface area contributed by atoms with Crippen LogP contribution in [0, 0.1) is 10.1 Å². The van der Waals surface area contributed by atoms with Gasteiger partial charge in [-0.2, -0.15) is 0 Å². The van der Waals surface area contributed by atoms with E-state index in [9.17, 15) is 10.1 Å². The number of ether oxygens (including phenoxy) is 1. The van der Waals surface area contributed by atoms with Crippen LogP contribution in [0.15, 0.2) is 18.2 Å². The van der Waals surface area contributed by atoms with Crippen LogP contribution in [0.3, 0.4) is 0 Å². The smallest absolute Gasteiger partial charge is 0.275 e. The van der Waals surface area contributed by atoms with E-state index in [1.807, 2.05) is 0 Å². The van der Waals surface area contributed by atoms with Crippen LogP contribution in [0.1, 0.15) is 12.0 Å². The zero-order valence-electron chi connectivity index (χ0n) is 8.56. The van der Waals surface area contributed by atoms with Gasteiger partial charge in [-0.05, 0) is 18.6 Å². The van der Waals surface area contributed by atoms with Gasteiger partial charge in [0.2, 0.25) is 0 Å². The van der Waals surface area contributed by atoms with E-state index in [1.54, 1.807) is 6.07 Å². The van der Waals surface area contributed by atoms with Gasteiger partial charge in [-0.3, -0.25) is 10.1 Å². The Bertz CT molecular complexity index is 370. The number of rotatable bonds is 6. The average Bonchev–Trinajstić information content (AvgIpc) is 2.29. The fourth-order valence-corrected chi connectivity index (χ4v) is 1.51. The number of aliphatic hydroxyl groups excluding tert-OH is 1. The van der Waals surface area contributed by atoms with E-state index < -0.39 is 4.92 Å². The van der Waals surface area contributed by atoms with Gasteiger partial charge >= 0.3 is 0 Å². The molecule has 1 aromatic carbocycles. The molecule has 0 aromatic heterocycles. The zero-order valence-corrected chi connectivity index (χ0v) is 10.7. The topological polar surface area (TPSA) is 72.6 Å². The van der Waals surface area contributed by atoms with Crippen molar-refractivity contribution in [1.82, 2.24) is 0 Å². The van der Waals surface area contributed by atoms with E-state index in [-0.39, 0.29) is 17.9 Å². The molecular weight excluding hydrogens is 325 g/mol. The number of alkyl halides is 1. The van der Waals surface area contributed by atoms with Crippen molar-refractivity contribution < 1.29 is 14.8 Å². The summed E-state index contributed by atoms with van der Waals surface area (Å²) in [5.41, 5.74) is 0.195. The second-order valence-corrected chi connectivity index (χ2v) is 4.18. The van der Waals surface area contributed by atoms with Crippen molar-refractivity contribution in [2.24, 2.45) is 0 Å². The molecule has 0 aliphatic heterocycles. The summed E-state index contributed by atoms with van der Waals surface area (Å²) in [5.74, 6) is 0.555. The Kier molecular flexibility index (Phi) is 5.47. The van der Waals surface area contributed by atoms with E-state index in [0.717, 1.165) is 10.8 Å². The van der Waals surface area contributed by atoms with Crippen LogP contribution < -0.4 is 4.74 Å². The summed E-state index contributed by atoms with van der Waals surface area (Å²) in [6.07, 6.45) is 0.923. The first kappa shape index (κ1) is 13.2. The lowest BCUT2D eigenvalue weighted by Crippen LogP contribution is -2.00. The van der Waals surface area contributed by atoms with Crippen molar-refractivity contribution in [1.29, 1.82) is 0 Å². The average molecular weight is 337 g/mol. The molecule has 0 saturated carbocycles. The molecule has 0 saturated heterocycles. The van der Waals surface area contributed by atoms with Crippen LogP contribution >= 0.6 is 22.6 Å². The molecule has 0 amide bonds. The van der Waals surface area contributed by atoms with E-state index in [1.165, 1.54) is 12.1 Å². The van der Waals surface area contributed by atoms with Crippen molar-refractivity contribution in [3.05, 3.63) is 33.9 Å². The Labute approximate surface area is 107 Å². The summed E-state index contributed by atoms with van der Waals surface area (Å²) >= 11 is 2.25. The molecule has 0 heterocycles. The minimum absolute atomic E-state index is 0.0799. The maximum Gasteiger partial charge on any atom is 0.275 e. The Morgan fingerprint density at radius 2 is 2.25 bits per heavy atom. The van der Waals surface area contributed by atoms with Gasteiger partial charge in [-0.1, -0.05) is 22.6 Å². The highest BCUT2D eigenvalue weighted by atomic mass is 127. The number of nitro benzene ring substituents is 1. The first-order valence-corrected chi connectivity index (χ1v) is 6.28. The summed E-state index contributed by atoms with van der Waals surface area (Å²) in [6, 6.07) is 4.40. The molecule has 0 unspecified atom stereocenters. The molecular formula is C10H12INO4. The monoisotopic (exact) mass is 337 g/mol. The van der Waals surface area contributed by atoms with E-state index in [2.05, 4.69) is 22.6 Å². The summed E-state index contributed by atoms with van der Waals surface area (Å²) in [6.45, 7) is 0.214. The number of nitrogens with zero attached hydrogens (tertiary/aromatic N) is 1. The van der Waals surface area contributed by atoms with Crippen molar-refractivity contribution in [3.8, 4) is 5.75 Å². The lowest BCUT2D eigenvalue weighted by Gasteiger charge is -2.06. The SMILES string of the molecule is O=[N+]([O-])c1ccc(OCCCI)cc1CO. The second kappa shape index (κ2) is 6.64. The predicted molar refractivity (Wildman–Crippen MR) is 68.0 cm³/mol. The van der Waals surface area contributed by atoms with Crippen LogP contribution in [-0.2, 0) is 6.61 Å². The van der Waals surface area contributed by atoms with Crippen LogP contribution in [0.2, 0.25) is 0 Å². The maximum atomic E-state index is 10.6. The van der Waals surface area contributed by atoms with Crippen molar-refractivity contribution in [2.75, 3.05) is 11.0 Å². The third-order valence-electron chi connectivity index (χ3n) is 1.96. The molecule has 1 N–H and O–H groups in total. The normalized spacial score (nSPS) is 10.1. The summed E-state index contributed by atoms with van der Waals surface area (Å²) in [7, 11) is 0. The van der Waals surface area contributed by atoms with E-state index in [0.29, 0.717) is 12.4 Å². The highest BCUT2D eigenvalue weighted by Crippen LogP contribution is 2.24. The highest BCUT2D eigenvalue weighted by molar-refractivity contribution is 14.1. The van der Waals surface area contributed by atoms with Gasteiger partial charge in [0, 0.05) is 10.5 Å². The standard InChI is InChI=1S/C10H12INO4/c11-4-1-5-16-9-2-3-10(12(14)15)8(6-9)7-13/h2-3,6,13H,1,4-5,7H2. The Balaban J connectivity index is 2.78. The van der Waals surface area contributed by atoms with Crippen LogP contribution in [0.5, 0.6) is 5.75 Å². The molecule has 0 aliphatic rings. The maximum absolute atomic E-state index is 10.6. The molecule has 1 aromatic rings. The van der Waals surface area contributed by atoms with Crippen LogP contribution in [-0.4, -0.2) is 21.1 Å². The van der Waals surface area contributed by atoms with Gasteiger partial charge in [0.15, 0.2) is 0 Å². The van der Waals surface area contributed by atoms with Crippen molar-refractivity contribution in [3.63, 3.8) is 0 Å². The highest BCUT2D eigenvalue weighted by Gasteiger charge is 2.13. The largest absolute Gasteiger partial charge is 0.494 e. The predicted octanol–water partition coefficient (Wildman–Crippen LogP) is 2.29. The number of benzene rings is 1. The van der Waals surface area contributed by atoms with Gasteiger partial charge in [0.1, 0.15) is 5.75 Å². The molecule has 1 rings (SSSR count). The van der Waals surface area contributed by atoms with Gasteiger partial charge in [0.05, 0.1) is 23.7 Å². The number of halogens is 1. The third kappa shape index (κ3) is 3.60. The fraction of sp³-hybridized carbons (Fsp3) is 0.400. The molecule has 16 heavy (non-hydrogen) atoms. The van der Waals surface area contributed by atoms with Gasteiger partial charge in [0.25, 0.3) is 5.69 Å². The quantitative estimate of drug-likeness (QED) is 0.284. The Morgan fingerprint density at radius 3 is 2.81 bits per heavy atom. The summed E-state index contributed by atoms with van der Waals surface area (Å²) < 4.78 is 6.38. The molecule has 0 radical (unpaired) electrons. The van der Waals surface area contributed by atoms with Crippen molar-refractivity contribution >= 4 is 28.3 Å². The molecule has 0 bridgehead atoms. The number of hydrogen-bond donors (Lipinski definition) is 1. The molecule has 0 aliphatic carbocycles. The van der Waals surface area contributed by atoms with E-state index >= 15 is 0 Å². The molecule has 0 spiro atoms. The number of nitro groups is 1. The summed E-state index contributed by atoms with van der Waals surface area (Å²) in [5, 5.41) is 19.6. The molecule has 6 heteroatoms. The minimum Gasteiger partial charge on any atom is -0.494 e. The molecule has 0 atom stereocenters. The third-order valence-corrected chi connectivity index (χ3v) is 2.73. The van der Waals surface area contributed by atoms with Crippen molar-refractivity contribution in [2.45, 2.75) is 13.0 Å². The van der Waals surface area contributed by atoms with Gasteiger partial charge < -0.3 is 9.84 Å². The molecule has 88 valence electrons. The second-order valence-electron chi connectivity index (χ2n) is 3.10. The molecule has 5 nitrogen and oxygen atoms in total. The zero-order chi connectivity index (χ0) is 12.0. The first-order valence-electron chi connectivity index (χ1n) is 4.76. The Morgan fingerprint density at radius 1 is 1.50 bits per heavy atom. The number of hydrogen-bond acceptors (Lipinski definition) is 4. The summed E-state index contributed by atoms with van der Waals surface area (Å²) in [4.78, 5) is 10.1.